The molecule has 2 aromatic heterocycles. The van der Waals surface area contributed by atoms with Gasteiger partial charge in [-0.3, -0.25) is 4.40 Å². The highest BCUT2D eigenvalue weighted by atomic mass is 19.4. The van der Waals surface area contributed by atoms with E-state index < -0.39 is 18.8 Å². The third-order valence-electron chi connectivity index (χ3n) is 4.73. The number of anilines is 1. The molecule has 0 fully saturated rings. The van der Waals surface area contributed by atoms with E-state index in [1.807, 2.05) is 34.7 Å². The van der Waals surface area contributed by atoms with Gasteiger partial charge in [0.15, 0.2) is 0 Å². The van der Waals surface area contributed by atoms with Crippen LogP contribution in [-0.4, -0.2) is 77.7 Å². The summed E-state index contributed by atoms with van der Waals surface area (Å²) in [5.74, 6) is 0. The number of pyridine rings is 1. The topological polar surface area (TPSA) is 103 Å². The number of hydrogen-bond donors (Lipinski definition) is 3. The van der Waals surface area contributed by atoms with Crippen LogP contribution in [0.25, 0.3) is 16.9 Å². The molecule has 182 valence electrons. The number of aliphatic hydroxyl groups excluding tert-OH is 1. The van der Waals surface area contributed by atoms with Crippen molar-refractivity contribution in [1.29, 1.82) is 0 Å². The van der Waals surface area contributed by atoms with E-state index in [0.717, 1.165) is 16.8 Å². The summed E-state index contributed by atoms with van der Waals surface area (Å²) in [6.45, 7) is 0.267. The molecule has 0 bridgehead atoms. The maximum atomic E-state index is 12.3. The van der Waals surface area contributed by atoms with Crippen LogP contribution in [0.4, 0.5) is 23.7 Å². The van der Waals surface area contributed by atoms with E-state index in [4.69, 9.17) is 9.94 Å². The number of halogens is 3. The number of imidazole rings is 1. The lowest BCUT2D eigenvalue weighted by molar-refractivity contribution is -0.122. The number of carbonyl (C=O) groups excluding carboxylic acids is 1. The largest absolute Gasteiger partial charge is 0.405 e. The van der Waals surface area contributed by atoms with Gasteiger partial charge in [0, 0.05) is 36.1 Å². The van der Waals surface area contributed by atoms with Crippen LogP contribution in [0.5, 0.6) is 0 Å². The van der Waals surface area contributed by atoms with Gasteiger partial charge in [0.2, 0.25) is 0 Å². The highest BCUT2D eigenvalue weighted by molar-refractivity contribution is 5.90. The van der Waals surface area contributed by atoms with Crippen LogP contribution in [0.1, 0.15) is 5.56 Å². The molecular weight excluding hydrogens is 453 g/mol. The van der Waals surface area contributed by atoms with Crippen LogP contribution in [0.15, 0.2) is 53.9 Å². The standard InChI is InChI=1S/C22H25F3N6O3/c1-30(7-9-32)8-10-34-28-13-16-5-6-31-19(14-26-20(31)11-16)17-3-2-4-18(12-17)29-21(33)27-15-22(23,24)25/h2-6,11-14,32H,7-10,15H2,1H3,(H2,27,29,33). The van der Waals surface area contributed by atoms with Crippen LogP contribution >= 0.6 is 0 Å². The van der Waals surface area contributed by atoms with Crippen LogP contribution in [0.2, 0.25) is 0 Å². The molecule has 9 nitrogen and oxygen atoms in total. The van der Waals surface area contributed by atoms with Crippen LogP contribution in [0.3, 0.4) is 0 Å². The van der Waals surface area contributed by atoms with Gasteiger partial charge < -0.3 is 25.5 Å². The summed E-state index contributed by atoms with van der Waals surface area (Å²) >= 11 is 0. The highest BCUT2D eigenvalue weighted by Gasteiger charge is 2.27. The van der Waals surface area contributed by atoms with Crippen molar-refractivity contribution in [2.24, 2.45) is 5.16 Å². The average molecular weight is 478 g/mol. The zero-order chi connectivity index (χ0) is 24.6. The van der Waals surface area contributed by atoms with Crippen molar-refractivity contribution in [1.82, 2.24) is 19.6 Å². The van der Waals surface area contributed by atoms with Crippen LogP contribution in [0, 0.1) is 0 Å². The highest BCUT2D eigenvalue weighted by Crippen LogP contribution is 2.24. The fourth-order valence-electron chi connectivity index (χ4n) is 3.03. The van der Waals surface area contributed by atoms with Gasteiger partial charge in [0.25, 0.3) is 0 Å². The molecule has 12 heteroatoms. The lowest BCUT2D eigenvalue weighted by Crippen LogP contribution is -2.36. The van der Waals surface area contributed by atoms with E-state index in [1.54, 1.807) is 42.0 Å². The van der Waals surface area contributed by atoms with E-state index in [0.29, 0.717) is 31.0 Å². The van der Waals surface area contributed by atoms with Crippen molar-refractivity contribution in [3.63, 3.8) is 0 Å². The van der Waals surface area contributed by atoms with Gasteiger partial charge >= 0.3 is 12.2 Å². The van der Waals surface area contributed by atoms with E-state index in [2.05, 4.69) is 15.5 Å². The minimum atomic E-state index is -4.48. The Morgan fingerprint density at radius 3 is 2.88 bits per heavy atom. The van der Waals surface area contributed by atoms with Crippen LogP contribution < -0.4 is 10.6 Å². The Balaban J connectivity index is 1.64. The van der Waals surface area contributed by atoms with Crippen LogP contribution in [-0.2, 0) is 4.84 Å². The molecular formula is C22H25F3N6O3. The summed E-state index contributed by atoms with van der Waals surface area (Å²) in [6.07, 6.45) is 0.559. The first-order valence-corrected chi connectivity index (χ1v) is 10.4. The Kier molecular flexibility index (Phi) is 8.44. The number of alkyl halides is 3. The van der Waals surface area contributed by atoms with Crippen molar-refractivity contribution in [2.75, 3.05) is 45.2 Å². The third-order valence-corrected chi connectivity index (χ3v) is 4.73. The predicted octanol–water partition coefficient (Wildman–Crippen LogP) is 2.96. The molecule has 2 amide bonds. The van der Waals surface area contributed by atoms with Gasteiger partial charge in [-0.15, -0.1) is 0 Å². The molecule has 34 heavy (non-hydrogen) atoms. The number of oxime groups is 1. The molecule has 0 atom stereocenters. The van der Waals surface area contributed by atoms with Gasteiger partial charge in [-0.25, -0.2) is 9.78 Å². The fraction of sp³-hybridized carbons (Fsp3) is 0.318. The van der Waals surface area contributed by atoms with Crippen molar-refractivity contribution >= 4 is 23.6 Å². The first kappa shape index (κ1) is 25.0. The van der Waals surface area contributed by atoms with Gasteiger partial charge in [-0.2, -0.15) is 13.2 Å². The van der Waals surface area contributed by atoms with Crippen molar-refractivity contribution in [3.8, 4) is 11.3 Å². The number of rotatable bonds is 10. The first-order valence-electron chi connectivity index (χ1n) is 10.4. The molecule has 0 spiro atoms. The maximum absolute atomic E-state index is 12.3. The second kappa shape index (κ2) is 11.5. The molecule has 0 aliphatic heterocycles. The first-order chi connectivity index (χ1) is 16.2. The zero-order valence-electron chi connectivity index (χ0n) is 18.4. The number of aromatic nitrogens is 2. The summed E-state index contributed by atoms with van der Waals surface area (Å²) in [4.78, 5) is 23.3. The van der Waals surface area contributed by atoms with Gasteiger partial charge in [0.1, 0.15) is 18.8 Å². The summed E-state index contributed by atoms with van der Waals surface area (Å²) in [7, 11) is 1.88. The minimum Gasteiger partial charge on any atom is -0.395 e. The fourth-order valence-corrected chi connectivity index (χ4v) is 3.03. The van der Waals surface area contributed by atoms with Gasteiger partial charge in [-0.1, -0.05) is 17.3 Å². The maximum Gasteiger partial charge on any atom is 0.405 e. The zero-order valence-corrected chi connectivity index (χ0v) is 18.4. The Hall–Kier alpha value is -3.64. The van der Waals surface area contributed by atoms with Crippen molar-refractivity contribution in [2.45, 2.75) is 6.18 Å². The molecule has 0 saturated carbocycles. The number of benzene rings is 1. The SMILES string of the molecule is CN(CCO)CCON=Cc1ccn2c(-c3cccc(NC(=O)NCC(F)(F)F)c3)cnc2c1. The number of amides is 2. The second-order valence-electron chi connectivity index (χ2n) is 7.43. The number of nitrogens with one attached hydrogen (secondary N) is 2. The van der Waals surface area contributed by atoms with E-state index >= 15 is 0 Å². The molecule has 1 aromatic carbocycles. The molecule has 2 heterocycles. The van der Waals surface area contributed by atoms with Crippen molar-refractivity contribution < 1.29 is 27.9 Å². The molecule has 3 aromatic rings. The normalized spacial score (nSPS) is 11.9. The summed E-state index contributed by atoms with van der Waals surface area (Å²) < 4.78 is 38.6. The number of carbonyl (C=O) groups is 1. The molecule has 0 radical (unpaired) electrons. The molecule has 0 aliphatic rings. The molecule has 0 unspecified atom stereocenters. The smallest absolute Gasteiger partial charge is 0.395 e. The Morgan fingerprint density at radius 2 is 2.12 bits per heavy atom. The lowest BCUT2D eigenvalue weighted by atomic mass is 10.1. The van der Waals surface area contributed by atoms with Gasteiger partial charge in [0.05, 0.1) is 24.7 Å². The van der Waals surface area contributed by atoms with E-state index in [9.17, 15) is 18.0 Å². The molecule has 0 saturated heterocycles. The number of hydrogen-bond acceptors (Lipinski definition) is 6. The summed E-state index contributed by atoms with van der Waals surface area (Å²) in [5, 5.41) is 17.0. The third kappa shape index (κ3) is 7.46. The number of likely N-dealkylation sites (N-methyl/N-ethyl adjacent to an activating group) is 1. The minimum absolute atomic E-state index is 0.0875. The van der Waals surface area contributed by atoms with Gasteiger partial charge in [-0.05, 0) is 31.3 Å². The Morgan fingerprint density at radius 1 is 1.29 bits per heavy atom. The molecule has 3 rings (SSSR count). The van der Waals surface area contributed by atoms with E-state index in [1.165, 1.54) is 0 Å². The van der Waals surface area contributed by atoms with E-state index in [-0.39, 0.29) is 6.61 Å². The molecule has 0 aliphatic carbocycles. The lowest BCUT2D eigenvalue weighted by Gasteiger charge is -2.13. The van der Waals surface area contributed by atoms with Crippen molar-refractivity contribution in [3.05, 3.63) is 54.4 Å². The number of aliphatic hydroxyl groups is 1. The number of urea groups is 1. The number of nitrogens with zero attached hydrogens (tertiary/aromatic N) is 4. The monoisotopic (exact) mass is 478 g/mol. The summed E-state index contributed by atoms with van der Waals surface area (Å²) in [6, 6.07) is 9.42. The quantitative estimate of drug-likeness (QED) is 0.236. The Bertz CT molecular complexity index is 1130. The number of fused-ring (bicyclic) bond motifs is 1. The molecule has 3 N–H and O–H groups in total. The Labute approximate surface area is 193 Å². The second-order valence-corrected chi connectivity index (χ2v) is 7.43. The summed E-state index contributed by atoms with van der Waals surface area (Å²) in [5.41, 5.74) is 3.24. The predicted molar refractivity (Wildman–Crippen MR) is 122 cm³/mol. The average Bonchev–Trinajstić information content (AvgIpc) is 3.21.